The molecule has 34 heavy (non-hydrogen) atoms. The van der Waals surface area contributed by atoms with Crippen molar-refractivity contribution in [1.29, 1.82) is 0 Å². The Morgan fingerprint density at radius 3 is 2.50 bits per heavy atom. The number of pyridine rings is 1. The van der Waals surface area contributed by atoms with Crippen LogP contribution < -0.4 is 14.8 Å². The van der Waals surface area contributed by atoms with Gasteiger partial charge in [-0.25, -0.2) is 4.39 Å². The second-order valence-corrected chi connectivity index (χ2v) is 8.02. The van der Waals surface area contributed by atoms with E-state index in [1.54, 1.807) is 47.3 Å². The van der Waals surface area contributed by atoms with Crippen LogP contribution in [0.15, 0.2) is 72.1 Å². The number of hydrogen-bond donors (Lipinski definition) is 1. The predicted molar refractivity (Wildman–Crippen MR) is 126 cm³/mol. The number of methoxy groups -OCH3 is 2. The Morgan fingerprint density at radius 2 is 1.79 bits per heavy atom. The van der Waals surface area contributed by atoms with Crippen LogP contribution in [0.3, 0.4) is 0 Å². The van der Waals surface area contributed by atoms with E-state index < -0.39 is 0 Å². The highest BCUT2D eigenvalue weighted by Crippen LogP contribution is 2.31. The number of amides is 1. The van der Waals surface area contributed by atoms with Crippen LogP contribution in [0, 0.1) is 5.82 Å². The second kappa shape index (κ2) is 10.8. The molecule has 0 aliphatic carbocycles. The number of nitrogens with zero attached hydrogens (tertiary/aromatic N) is 4. The van der Waals surface area contributed by atoms with Crippen molar-refractivity contribution in [2.75, 3.05) is 14.2 Å². The van der Waals surface area contributed by atoms with Crippen LogP contribution in [0.4, 0.5) is 4.39 Å². The minimum Gasteiger partial charge on any atom is -0.493 e. The Balaban J connectivity index is 1.58. The summed E-state index contributed by atoms with van der Waals surface area (Å²) in [5.74, 6) is 1.25. The second-order valence-electron chi connectivity index (χ2n) is 7.08. The summed E-state index contributed by atoms with van der Waals surface area (Å²) in [5, 5.41) is 12.1. The minimum atomic E-state index is -0.351. The van der Waals surface area contributed by atoms with Crippen molar-refractivity contribution in [1.82, 2.24) is 25.1 Å². The molecule has 0 atom stereocenters. The molecule has 174 valence electrons. The third-order valence-electron chi connectivity index (χ3n) is 4.96. The highest BCUT2D eigenvalue weighted by molar-refractivity contribution is 7.98. The number of nitrogens with one attached hydrogen (secondary N) is 1. The molecule has 2 aromatic heterocycles. The average Bonchev–Trinajstić information content (AvgIpc) is 3.29. The summed E-state index contributed by atoms with van der Waals surface area (Å²) in [6.45, 7) is 0.0966. The van der Waals surface area contributed by atoms with Crippen LogP contribution in [-0.2, 0) is 12.3 Å². The van der Waals surface area contributed by atoms with E-state index in [1.807, 2.05) is 12.1 Å². The molecule has 4 rings (SSSR count). The van der Waals surface area contributed by atoms with Gasteiger partial charge >= 0.3 is 0 Å². The molecule has 2 aromatic carbocycles. The molecule has 0 radical (unpaired) electrons. The fraction of sp³-hybridized carbons (Fsp3) is 0.167. The fourth-order valence-electron chi connectivity index (χ4n) is 3.31. The number of thioether (sulfide) groups is 1. The Kier molecular flexibility index (Phi) is 7.38. The fourth-order valence-corrected chi connectivity index (χ4v) is 4.23. The average molecular weight is 480 g/mol. The van der Waals surface area contributed by atoms with E-state index >= 15 is 0 Å². The SMILES string of the molecule is COc1cccc(C(=O)NCc2nnc(SCc3ccncc3)n2-c2ccc(F)cc2)c1OC. The van der Waals surface area contributed by atoms with E-state index in [0.29, 0.717) is 39.5 Å². The topological polar surface area (TPSA) is 91.2 Å². The number of carbonyl (C=O) groups excluding carboxylic acids is 1. The van der Waals surface area contributed by atoms with Gasteiger partial charge in [-0.2, -0.15) is 0 Å². The van der Waals surface area contributed by atoms with Gasteiger partial charge < -0.3 is 14.8 Å². The molecule has 4 aromatic rings. The quantitative estimate of drug-likeness (QED) is 0.362. The molecule has 0 bridgehead atoms. The van der Waals surface area contributed by atoms with Crippen molar-refractivity contribution in [2.24, 2.45) is 0 Å². The smallest absolute Gasteiger partial charge is 0.255 e. The van der Waals surface area contributed by atoms with Crippen LogP contribution in [0.2, 0.25) is 0 Å². The van der Waals surface area contributed by atoms with Gasteiger partial charge in [-0.15, -0.1) is 10.2 Å². The highest BCUT2D eigenvalue weighted by atomic mass is 32.2. The number of hydrogen-bond acceptors (Lipinski definition) is 7. The molecule has 1 amide bonds. The zero-order valence-electron chi connectivity index (χ0n) is 18.6. The molecule has 0 aliphatic rings. The van der Waals surface area contributed by atoms with Gasteiger partial charge in [0.1, 0.15) is 5.82 Å². The summed E-state index contributed by atoms with van der Waals surface area (Å²) in [7, 11) is 2.99. The summed E-state index contributed by atoms with van der Waals surface area (Å²) in [4.78, 5) is 16.9. The zero-order chi connectivity index (χ0) is 23.9. The molecule has 1 N–H and O–H groups in total. The van der Waals surface area contributed by atoms with Gasteiger partial charge in [0.25, 0.3) is 5.91 Å². The molecule has 10 heteroatoms. The predicted octanol–water partition coefficient (Wildman–Crippen LogP) is 4.04. The summed E-state index contributed by atoms with van der Waals surface area (Å²) in [5.41, 5.74) is 2.10. The largest absolute Gasteiger partial charge is 0.493 e. The van der Waals surface area contributed by atoms with Crippen LogP contribution in [0.5, 0.6) is 11.5 Å². The molecule has 0 spiro atoms. The van der Waals surface area contributed by atoms with Crippen LogP contribution >= 0.6 is 11.8 Å². The number of carbonyl (C=O) groups is 1. The molecule has 0 saturated heterocycles. The van der Waals surface area contributed by atoms with E-state index in [4.69, 9.17) is 9.47 Å². The van der Waals surface area contributed by atoms with Crippen LogP contribution in [0.1, 0.15) is 21.7 Å². The standard InChI is InChI=1S/C24H22FN5O3S/c1-32-20-5-3-4-19(22(20)33-2)23(31)27-14-21-28-29-24(34-15-16-10-12-26-13-11-16)30(21)18-8-6-17(25)7-9-18/h3-13H,14-15H2,1-2H3,(H,27,31). The summed E-state index contributed by atoms with van der Waals surface area (Å²) in [6.07, 6.45) is 3.46. The molecule has 0 unspecified atom stereocenters. The number of benzene rings is 2. The van der Waals surface area contributed by atoms with Crippen molar-refractivity contribution in [3.05, 3.63) is 89.8 Å². The van der Waals surface area contributed by atoms with Crippen molar-refractivity contribution in [2.45, 2.75) is 17.5 Å². The number of rotatable bonds is 9. The monoisotopic (exact) mass is 479 g/mol. The first kappa shape index (κ1) is 23.2. The lowest BCUT2D eigenvalue weighted by Crippen LogP contribution is -2.25. The zero-order valence-corrected chi connectivity index (χ0v) is 19.4. The molecule has 0 aliphatic heterocycles. The Morgan fingerprint density at radius 1 is 1.03 bits per heavy atom. The minimum absolute atomic E-state index is 0.0966. The lowest BCUT2D eigenvalue weighted by atomic mass is 10.1. The maximum absolute atomic E-state index is 13.5. The number of aromatic nitrogens is 4. The first-order valence-electron chi connectivity index (χ1n) is 10.3. The molecule has 0 saturated carbocycles. The van der Waals surface area contributed by atoms with E-state index in [2.05, 4.69) is 20.5 Å². The molecule has 0 fully saturated rings. The van der Waals surface area contributed by atoms with Gasteiger partial charge in [-0.1, -0.05) is 17.8 Å². The summed E-state index contributed by atoms with van der Waals surface area (Å²) >= 11 is 1.48. The number of halogens is 1. The van der Waals surface area contributed by atoms with Crippen LogP contribution in [0.25, 0.3) is 5.69 Å². The molecular formula is C24H22FN5O3S. The van der Waals surface area contributed by atoms with E-state index in [0.717, 1.165) is 5.56 Å². The third kappa shape index (κ3) is 5.18. The van der Waals surface area contributed by atoms with Gasteiger partial charge in [0, 0.05) is 23.8 Å². The maximum atomic E-state index is 13.5. The van der Waals surface area contributed by atoms with Gasteiger partial charge in [-0.05, 0) is 54.1 Å². The maximum Gasteiger partial charge on any atom is 0.255 e. The number of ether oxygens (including phenoxy) is 2. The van der Waals surface area contributed by atoms with Gasteiger partial charge in [0.05, 0.1) is 26.3 Å². The van der Waals surface area contributed by atoms with Gasteiger partial charge in [0.2, 0.25) is 0 Å². The van der Waals surface area contributed by atoms with Crippen molar-refractivity contribution in [3.8, 4) is 17.2 Å². The molecule has 2 heterocycles. The Labute approximate surface area is 200 Å². The molecule has 8 nitrogen and oxygen atoms in total. The van der Waals surface area contributed by atoms with Gasteiger partial charge in [-0.3, -0.25) is 14.3 Å². The van der Waals surface area contributed by atoms with Crippen molar-refractivity contribution in [3.63, 3.8) is 0 Å². The normalized spacial score (nSPS) is 10.7. The van der Waals surface area contributed by atoms with E-state index in [9.17, 15) is 9.18 Å². The van der Waals surface area contributed by atoms with E-state index in [1.165, 1.54) is 38.1 Å². The lowest BCUT2D eigenvalue weighted by molar-refractivity contribution is 0.0946. The third-order valence-corrected chi connectivity index (χ3v) is 5.96. The summed E-state index contributed by atoms with van der Waals surface area (Å²) in [6, 6.07) is 15.0. The number of para-hydroxylation sites is 1. The lowest BCUT2D eigenvalue weighted by Gasteiger charge is -2.13. The Bertz CT molecular complexity index is 1270. The van der Waals surface area contributed by atoms with Crippen LogP contribution in [-0.4, -0.2) is 39.9 Å². The van der Waals surface area contributed by atoms with Gasteiger partial charge in [0.15, 0.2) is 22.5 Å². The summed E-state index contributed by atoms with van der Waals surface area (Å²) < 4.78 is 26.0. The van der Waals surface area contributed by atoms with Crippen molar-refractivity contribution >= 4 is 17.7 Å². The Hall–Kier alpha value is -3.92. The van der Waals surface area contributed by atoms with Crippen molar-refractivity contribution < 1.29 is 18.7 Å². The highest BCUT2D eigenvalue weighted by Gasteiger charge is 2.19. The molecular weight excluding hydrogens is 457 g/mol. The first-order chi connectivity index (χ1) is 16.6. The first-order valence-corrected chi connectivity index (χ1v) is 11.3. The van der Waals surface area contributed by atoms with E-state index in [-0.39, 0.29) is 18.3 Å².